The maximum Gasteiger partial charge on any atom is 0.416 e. The number of nitrogens with zero attached hydrogens (tertiary/aromatic N) is 2. The van der Waals surface area contributed by atoms with Crippen LogP contribution in [0.1, 0.15) is 29.8 Å². The molecule has 7 nitrogen and oxygen atoms in total. The van der Waals surface area contributed by atoms with Crippen molar-refractivity contribution in [3.63, 3.8) is 0 Å². The minimum atomic E-state index is -4.46. The molecule has 0 bridgehead atoms. The molecule has 0 atom stereocenters. The quantitative estimate of drug-likeness (QED) is 0.420. The van der Waals surface area contributed by atoms with Crippen molar-refractivity contribution < 1.29 is 22.7 Å². The van der Waals surface area contributed by atoms with Crippen LogP contribution in [0.5, 0.6) is 0 Å². The van der Waals surface area contributed by atoms with Crippen LogP contribution in [0.15, 0.2) is 54.9 Å². The second-order valence-corrected chi connectivity index (χ2v) is 7.38. The van der Waals surface area contributed by atoms with E-state index in [-0.39, 0.29) is 28.9 Å². The van der Waals surface area contributed by atoms with Crippen LogP contribution in [-0.2, 0) is 10.9 Å². The molecule has 4 N–H and O–H groups in total. The Hall–Kier alpha value is -3.82. The van der Waals surface area contributed by atoms with Crippen molar-refractivity contribution in [2.45, 2.75) is 20.0 Å². The Bertz CT molecular complexity index is 1090. The summed E-state index contributed by atoms with van der Waals surface area (Å²) in [7, 11) is 0. The van der Waals surface area contributed by atoms with Gasteiger partial charge in [0.25, 0.3) is 0 Å². The van der Waals surface area contributed by atoms with Gasteiger partial charge < -0.3 is 21.1 Å². The molecule has 0 unspecified atom stereocenters. The number of alkyl halides is 3. The normalized spacial score (nSPS) is 11.3. The average molecular weight is 445 g/mol. The number of nitrogen functional groups attached to an aromatic ring is 1. The summed E-state index contributed by atoms with van der Waals surface area (Å²) >= 11 is 0. The van der Waals surface area contributed by atoms with Gasteiger partial charge in [0, 0.05) is 11.4 Å². The number of hydrogen-bond acceptors (Lipinski definition) is 7. The van der Waals surface area contributed by atoms with Crippen LogP contribution in [0.25, 0.3) is 0 Å². The van der Waals surface area contributed by atoms with E-state index in [1.807, 2.05) is 13.8 Å². The van der Waals surface area contributed by atoms with E-state index in [0.717, 1.165) is 12.1 Å². The molecule has 10 heteroatoms. The van der Waals surface area contributed by atoms with Crippen molar-refractivity contribution in [2.75, 3.05) is 23.0 Å². The number of ether oxygens (including phenoxy) is 1. The van der Waals surface area contributed by atoms with Crippen LogP contribution in [0, 0.1) is 5.92 Å². The Labute approximate surface area is 182 Å². The van der Waals surface area contributed by atoms with Gasteiger partial charge in [0.1, 0.15) is 12.0 Å². The third kappa shape index (κ3) is 5.87. The lowest BCUT2D eigenvalue weighted by atomic mass is 10.2. The Kier molecular flexibility index (Phi) is 6.82. The highest BCUT2D eigenvalue weighted by molar-refractivity contribution is 5.90. The van der Waals surface area contributed by atoms with Crippen molar-refractivity contribution in [2.24, 2.45) is 5.92 Å². The van der Waals surface area contributed by atoms with Crippen molar-refractivity contribution >= 4 is 34.7 Å². The molecule has 3 rings (SSSR count). The molecular formula is C22H22F3N5O2. The largest absolute Gasteiger partial charge is 0.462 e. The number of benzene rings is 2. The molecule has 0 amide bonds. The number of aromatic nitrogens is 2. The molecule has 0 aliphatic rings. The van der Waals surface area contributed by atoms with Gasteiger partial charge in [-0.25, -0.2) is 14.8 Å². The molecule has 0 saturated carbocycles. The zero-order valence-electron chi connectivity index (χ0n) is 17.4. The van der Waals surface area contributed by atoms with E-state index < -0.39 is 17.7 Å². The summed E-state index contributed by atoms with van der Waals surface area (Å²) in [5, 5.41) is 5.78. The van der Waals surface area contributed by atoms with E-state index in [4.69, 9.17) is 10.5 Å². The highest BCUT2D eigenvalue weighted by Gasteiger charge is 2.30. The fraction of sp³-hybridized carbons (Fsp3) is 0.227. The summed E-state index contributed by atoms with van der Waals surface area (Å²) in [6, 6.07) is 11.2. The van der Waals surface area contributed by atoms with Crippen molar-refractivity contribution in [3.8, 4) is 0 Å². The molecule has 1 aromatic heterocycles. The van der Waals surface area contributed by atoms with E-state index in [9.17, 15) is 18.0 Å². The van der Waals surface area contributed by atoms with Crippen molar-refractivity contribution in [1.29, 1.82) is 0 Å². The maximum atomic E-state index is 12.9. The third-order valence-electron chi connectivity index (χ3n) is 4.27. The molecule has 0 spiro atoms. The van der Waals surface area contributed by atoms with E-state index in [1.165, 1.54) is 18.5 Å². The molecule has 0 aliphatic carbocycles. The molecule has 0 saturated heterocycles. The molecule has 2 aromatic carbocycles. The Morgan fingerprint density at radius 3 is 2.25 bits per heavy atom. The number of nitrogens with two attached hydrogens (primary N) is 1. The first-order valence-corrected chi connectivity index (χ1v) is 9.72. The van der Waals surface area contributed by atoms with Gasteiger partial charge in [-0.3, -0.25) is 0 Å². The van der Waals surface area contributed by atoms with Crippen molar-refractivity contribution in [1.82, 2.24) is 9.97 Å². The predicted molar refractivity (Wildman–Crippen MR) is 116 cm³/mol. The topological polar surface area (TPSA) is 102 Å². The maximum absolute atomic E-state index is 12.9. The van der Waals surface area contributed by atoms with Gasteiger partial charge in [-0.05, 0) is 48.4 Å². The molecule has 3 aromatic rings. The SMILES string of the molecule is CC(C)COC(=O)c1ccc(Nc2ncnc(Nc3cccc(C(F)(F)F)c3)c2N)cc1. The van der Waals surface area contributed by atoms with Crippen LogP contribution in [0.2, 0.25) is 0 Å². The average Bonchev–Trinajstić information content (AvgIpc) is 2.75. The molecule has 0 aliphatic heterocycles. The van der Waals surface area contributed by atoms with Gasteiger partial charge in [-0.1, -0.05) is 19.9 Å². The summed E-state index contributed by atoms with van der Waals surface area (Å²) in [4.78, 5) is 20.1. The molecule has 0 radical (unpaired) electrons. The van der Waals surface area contributed by atoms with Crippen LogP contribution >= 0.6 is 0 Å². The number of nitrogens with one attached hydrogen (secondary N) is 2. The zero-order chi connectivity index (χ0) is 23.3. The fourth-order valence-electron chi connectivity index (χ4n) is 2.66. The molecular weight excluding hydrogens is 423 g/mol. The van der Waals surface area contributed by atoms with Crippen LogP contribution in [0.4, 0.5) is 41.9 Å². The first-order chi connectivity index (χ1) is 15.1. The lowest BCUT2D eigenvalue weighted by Crippen LogP contribution is -2.10. The number of hydrogen-bond donors (Lipinski definition) is 3. The Balaban J connectivity index is 1.73. The second-order valence-electron chi connectivity index (χ2n) is 7.38. The number of anilines is 5. The van der Waals surface area contributed by atoms with E-state index in [2.05, 4.69) is 20.6 Å². The minimum absolute atomic E-state index is 0.116. The van der Waals surface area contributed by atoms with E-state index in [0.29, 0.717) is 17.9 Å². The van der Waals surface area contributed by atoms with Crippen LogP contribution in [0.3, 0.4) is 0 Å². The fourth-order valence-corrected chi connectivity index (χ4v) is 2.66. The summed E-state index contributed by atoms with van der Waals surface area (Å²) in [6.07, 6.45) is -3.23. The monoisotopic (exact) mass is 445 g/mol. The molecule has 1 heterocycles. The zero-order valence-corrected chi connectivity index (χ0v) is 17.4. The first kappa shape index (κ1) is 22.9. The number of carbonyl (C=O) groups is 1. The molecule has 0 fully saturated rings. The van der Waals surface area contributed by atoms with Crippen LogP contribution < -0.4 is 16.4 Å². The van der Waals surface area contributed by atoms with Gasteiger partial charge in [0.05, 0.1) is 17.7 Å². The van der Waals surface area contributed by atoms with Gasteiger partial charge in [0.2, 0.25) is 0 Å². The van der Waals surface area contributed by atoms with Gasteiger partial charge >= 0.3 is 12.1 Å². The van der Waals surface area contributed by atoms with E-state index in [1.54, 1.807) is 24.3 Å². The van der Waals surface area contributed by atoms with Crippen LogP contribution in [-0.4, -0.2) is 22.5 Å². The summed E-state index contributed by atoms with van der Waals surface area (Å²) in [6.45, 7) is 4.23. The number of carbonyl (C=O) groups excluding carboxylic acids is 1. The smallest absolute Gasteiger partial charge is 0.416 e. The molecule has 168 valence electrons. The summed E-state index contributed by atoms with van der Waals surface area (Å²) < 4.78 is 44.0. The summed E-state index contributed by atoms with van der Waals surface area (Å²) in [5.74, 6) is 0.221. The highest BCUT2D eigenvalue weighted by Crippen LogP contribution is 2.33. The standard InChI is InChI=1S/C22H22F3N5O2/c1-13(2)11-32-21(31)14-6-8-16(9-7-14)29-19-18(26)20(28-12-27-19)30-17-5-3-4-15(10-17)22(23,24)25/h3-10,12-13H,11,26H2,1-2H3,(H2,27,28,29,30). The number of rotatable bonds is 7. The van der Waals surface area contributed by atoms with Gasteiger partial charge in [-0.2, -0.15) is 13.2 Å². The Morgan fingerprint density at radius 1 is 1.03 bits per heavy atom. The number of halogens is 3. The number of esters is 1. The minimum Gasteiger partial charge on any atom is -0.462 e. The second kappa shape index (κ2) is 9.54. The first-order valence-electron chi connectivity index (χ1n) is 9.72. The third-order valence-corrected chi connectivity index (χ3v) is 4.27. The summed E-state index contributed by atoms with van der Waals surface area (Å²) in [5.41, 5.74) is 6.61. The van der Waals surface area contributed by atoms with Crippen molar-refractivity contribution in [3.05, 3.63) is 66.0 Å². The van der Waals surface area contributed by atoms with Gasteiger partial charge in [0.15, 0.2) is 11.6 Å². The van der Waals surface area contributed by atoms with Gasteiger partial charge in [-0.15, -0.1) is 0 Å². The highest BCUT2D eigenvalue weighted by atomic mass is 19.4. The van der Waals surface area contributed by atoms with E-state index >= 15 is 0 Å². The Morgan fingerprint density at radius 2 is 1.66 bits per heavy atom. The predicted octanol–water partition coefficient (Wildman–Crippen LogP) is 5.38. The molecule has 32 heavy (non-hydrogen) atoms. The lowest BCUT2D eigenvalue weighted by Gasteiger charge is -2.14. The lowest BCUT2D eigenvalue weighted by molar-refractivity contribution is -0.137.